The summed E-state index contributed by atoms with van der Waals surface area (Å²) in [7, 11) is 0. The van der Waals surface area contributed by atoms with Gasteiger partial charge in [0.25, 0.3) is 0 Å². The molecular formula is C46H51BrCl4N2O10. The molecule has 2 N–H and O–H groups in total. The molecule has 6 rings (SSSR count). The summed E-state index contributed by atoms with van der Waals surface area (Å²) in [4.78, 5) is 31.4. The van der Waals surface area contributed by atoms with Crippen LogP contribution in [0, 0.1) is 0 Å². The molecule has 4 aromatic carbocycles. The van der Waals surface area contributed by atoms with Gasteiger partial charge in [-0.25, -0.2) is 14.8 Å². The molecule has 0 amide bonds. The van der Waals surface area contributed by atoms with Gasteiger partial charge in [-0.05, 0) is 101 Å². The summed E-state index contributed by atoms with van der Waals surface area (Å²) in [5.74, 6) is -0.531. The standard InChI is InChI=1S/C21H19Cl2NO5.C13H14ClNO3.C10H10BrClO2.2CH4/c1-12(2)27-10-16-11-28-20(24-16)17-9-15(23)6-7-18(17)29-19(21(25)26)13-4-3-5-14(22)8-13;1-8(2)17-6-10-7-18-13(15-10)11-5-9(14)3-4-12(11)16;1-2-14-10(13)9(11)7-4-3-5-8(12)6-7;;/h3-9,11-12,19H,10H2,1-2H3,(H,25,26);3-5,7-8,16H,6H2,1-2H3;3-6,9H,2H2,1H3;2*1H4. The van der Waals surface area contributed by atoms with Gasteiger partial charge < -0.3 is 38.0 Å². The van der Waals surface area contributed by atoms with E-state index in [0.29, 0.717) is 67.3 Å². The number of hydrogen-bond acceptors (Lipinski definition) is 11. The maximum atomic E-state index is 11.8. The topological polar surface area (TPSA) is 164 Å². The highest BCUT2D eigenvalue weighted by molar-refractivity contribution is 9.09. The molecule has 6 aromatic rings. The van der Waals surface area contributed by atoms with E-state index in [1.54, 1.807) is 79.7 Å². The Kier molecular flexibility index (Phi) is 23.3. The molecular weight excluding hydrogens is 962 g/mol. The highest BCUT2D eigenvalue weighted by atomic mass is 79.9. The molecule has 2 aromatic heterocycles. The van der Waals surface area contributed by atoms with Crippen LogP contribution >= 0.6 is 62.3 Å². The SMILES string of the molecule is C.C.CC(C)OCc1coc(-c2cc(Cl)ccc2O)n1.CC(C)OCc1coc(-c2cc(Cl)ccc2OC(C(=O)O)c2cccc(Cl)c2)n1.CCOC(=O)C(Br)c1cccc(Cl)c1. The van der Waals surface area contributed by atoms with Crippen LogP contribution < -0.4 is 4.74 Å². The van der Waals surface area contributed by atoms with Crippen molar-refractivity contribution in [3.63, 3.8) is 0 Å². The number of aromatic nitrogens is 2. The van der Waals surface area contributed by atoms with Crippen molar-refractivity contribution in [3.05, 3.63) is 140 Å². The van der Waals surface area contributed by atoms with Gasteiger partial charge >= 0.3 is 11.9 Å². The van der Waals surface area contributed by atoms with E-state index in [1.165, 1.54) is 18.6 Å². The van der Waals surface area contributed by atoms with Crippen LogP contribution in [0.5, 0.6) is 11.5 Å². The molecule has 0 bridgehead atoms. The Labute approximate surface area is 396 Å². The zero-order valence-electron chi connectivity index (χ0n) is 33.6. The van der Waals surface area contributed by atoms with Crippen LogP contribution in [-0.2, 0) is 37.0 Å². The second-order valence-electron chi connectivity index (χ2n) is 13.4. The number of rotatable bonds is 15. The third kappa shape index (κ3) is 17.5. The van der Waals surface area contributed by atoms with Gasteiger partial charge in [0.2, 0.25) is 17.9 Å². The fourth-order valence-corrected chi connectivity index (χ4v) is 6.18. The number of benzene rings is 4. The van der Waals surface area contributed by atoms with Gasteiger partial charge in [-0.15, -0.1) is 0 Å². The maximum Gasteiger partial charge on any atom is 0.349 e. The number of esters is 1. The number of nitrogens with zero attached hydrogens (tertiary/aromatic N) is 2. The summed E-state index contributed by atoms with van der Waals surface area (Å²) < 4.78 is 32.5. The van der Waals surface area contributed by atoms with Crippen molar-refractivity contribution in [3.8, 4) is 34.4 Å². The highest BCUT2D eigenvalue weighted by Crippen LogP contribution is 2.36. The highest BCUT2D eigenvalue weighted by Gasteiger charge is 2.25. The summed E-state index contributed by atoms with van der Waals surface area (Å²) in [6, 6.07) is 23.1. The number of carbonyl (C=O) groups excluding carboxylic acids is 1. The van der Waals surface area contributed by atoms with E-state index in [9.17, 15) is 19.8 Å². The average Bonchev–Trinajstić information content (AvgIpc) is 3.90. The Morgan fingerprint density at radius 3 is 1.68 bits per heavy atom. The number of oxazole rings is 2. The number of aromatic hydroxyl groups is 1. The predicted molar refractivity (Wildman–Crippen MR) is 251 cm³/mol. The van der Waals surface area contributed by atoms with E-state index in [2.05, 4.69) is 25.9 Å². The van der Waals surface area contributed by atoms with Crippen LogP contribution in [0.4, 0.5) is 0 Å². The molecule has 0 saturated carbocycles. The number of phenolic OH excluding ortho intramolecular Hbond substituents is 1. The molecule has 12 nitrogen and oxygen atoms in total. The monoisotopic (exact) mass is 1010 g/mol. The number of phenols is 1. The van der Waals surface area contributed by atoms with Crippen LogP contribution in [0.2, 0.25) is 20.1 Å². The first-order chi connectivity index (χ1) is 29.0. The van der Waals surface area contributed by atoms with E-state index in [0.717, 1.165) is 5.56 Å². The summed E-state index contributed by atoms with van der Waals surface area (Å²) in [5, 5.41) is 21.4. The van der Waals surface area contributed by atoms with Crippen LogP contribution in [0.25, 0.3) is 22.9 Å². The minimum Gasteiger partial charge on any atom is -0.507 e. The third-order valence-corrected chi connectivity index (χ3v) is 9.69. The fourth-order valence-electron chi connectivity index (χ4n) is 5.02. The van der Waals surface area contributed by atoms with Gasteiger partial charge in [0.1, 0.15) is 40.2 Å². The molecule has 2 atom stereocenters. The molecule has 2 heterocycles. The lowest BCUT2D eigenvalue weighted by Gasteiger charge is -2.17. The maximum absolute atomic E-state index is 11.8. The molecule has 0 aliphatic rings. The van der Waals surface area contributed by atoms with Gasteiger partial charge in [-0.3, -0.25) is 4.79 Å². The van der Waals surface area contributed by atoms with E-state index in [4.69, 9.17) is 74.2 Å². The summed E-state index contributed by atoms with van der Waals surface area (Å²) >= 11 is 27.0. The largest absolute Gasteiger partial charge is 0.507 e. The Bertz CT molecular complexity index is 2350. The number of carboxylic acids is 1. The van der Waals surface area contributed by atoms with Crippen molar-refractivity contribution in [1.82, 2.24) is 9.97 Å². The lowest BCUT2D eigenvalue weighted by molar-refractivity contribution is -0.145. The Hall–Kier alpha value is -4.60. The van der Waals surface area contributed by atoms with E-state index in [1.807, 2.05) is 33.8 Å². The molecule has 340 valence electrons. The molecule has 0 saturated heterocycles. The Morgan fingerprint density at radius 2 is 1.17 bits per heavy atom. The molecule has 17 heteroatoms. The quantitative estimate of drug-likeness (QED) is 0.0740. The summed E-state index contributed by atoms with van der Waals surface area (Å²) in [6.45, 7) is 10.6. The lowest BCUT2D eigenvalue weighted by atomic mass is 10.1. The first-order valence-electron chi connectivity index (χ1n) is 18.7. The van der Waals surface area contributed by atoms with Crippen LogP contribution in [0.15, 0.2) is 106 Å². The van der Waals surface area contributed by atoms with Crippen molar-refractivity contribution < 1.29 is 47.6 Å². The van der Waals surface area contributed by atoms with Crippen LogP contribution in [0.1, 0.15) is 82.9 Å². The lowest BCUT2D eigenvalue weighted by Crippen LogP contribution is -2.18. The molecule has 0 fully saturated rings. The number of carboxylic acid groups (broad SMARTS) is 1. The zero-order chi connectivity index (χ0) is 44.6. The van der Waals surface area contributed by atoms with E-state index in [-0.39, 0.29) is 57.0 Å². The minimum atomic E-state index is -1.27. The van der Waals surface area contributed by atoms with Crippen LogP contribution in [-0.4, -0.2) is 50.9 Å². The van der Waals surface area contributed by atoms with Gasteiger partial charge in [0.05, 0.1) is 43.2 Å². The third-order valence-electron chi connectivity index (χ3n) is 7.85. The minimum absolute atomic E-state index is 0. The van der Waals surface area contributed by atoms with E-state index < -0.39 is 16.9 Å². The molecule has 0 radical (unpaired) electrons. The summed E-state index contributed by atoms with van der Waals surface area (Å²) in [6.07, 6.45) is 1.90. The van der Waals surface area contributed by atoms with Gasteiger partial charge in [-0.2, -0.15) is 0 Å². The van der Waals surface area contributed by atoms with Crippen molar-refractivity contribution in [2.75, 3.05) is 6.61 Å². The second-order valence-corrected chi connectivity index (χ2v) is 16.0. The smallest absolute Gasteiger partial charge is 0.349 e. The number of alkyl halides is 1. The zero-order valence-corrected chi connectivity index (χ0v) is 38.2. The first kappa shape index (κ1) is 54.5. The van der Waals surface area contributed by atoms with Crippen LogP contribution in [0.3, 0.4) is 0 Å². The van der Waals surface area contributed by atoms with Gasteiger partial charge in [0.15, 0.2) is 0 Å². The van der Waals surface area contributed by atoms with Crippen molar-refractivity contribution in [1.29, 1.82) is 0 Å². The number of ether oxygens (including phenoxy) is 4. The normalized spacial score (nSPS) is 11.5. The molecule has 63 heavy (non-hydrogen) atoms. The number of aliphatic carboxylic acids is 1. The predicted octanol–water partition coefficient (Wildman–Crippen LogP) is 14.0. The van der Waals surface area contributed by atoms with Crippen molar-refractivity contribution >= 4 is 74.3 Å². The molecule has 0 aliphatic heterocycles. The fraction of sp³-hybridized carbons (Fsp3) is 0.304. The summed E-state index contributed by atoms with van der Waals surface area (Å²) in [5.41, 5.74) is 3.39. The van der Waals surface area contributed by atoms with Gasteiger partial charge in [-0.1, -0.05) is 101 Å². The van der Waals surface area contributed by atoms with E-state index >= 15 is 0 Å². The molecule has 2 unspecified atom stereocenters. The number of carbonyl (C=O) groups is 2. The number of hydrogen-bond donors (Lipinski definition) is 2. The average molecular weight is 1010 g/mol. The first-order valence-corrected chi connectivity index (χ1v) is 21.1. The Morgan fingerprint density at radius 1 is 0.698 bits per heavy atom. The Balaban J connectivity index is 0.000000346. The number of halogens is 5. The van der Waals surface area contributed by atoms with Crippen molar-refractivity contribution in [2.24, 2.45) is 0 Å². The molecule has 0 spiro atoms. The van der Waals surface area contributed by atoms with Crippen molar-refractivity contribution in [2.45, 2.75) is 85.8 Å². The van der Waals surface area contributed by atoms with Gasteiger partial charge in [0, 0.05) is 25.7 Å². The molecule has 0 aliphatic carbocycles. The second kappa shape index (κ2) is 26.9.